The van der Waals surface area contributed by atoms with Gasteiger partial charge in [-0.05, 0) is 30.3 Å². The minimum absolute atomic E-state index is 0.154. The van der Waals surface area contributed by atoms with E-state index in [-0.39, 0.29) is 5.91 Å². The summed E-state index contributed by atoms with van der Waals surface area (Å²) < 4.78 is 11.2. The molecule has 0 saturated carbocycles. The molecule has 5 nitrogen and oxygen atoms in total. The normalized spacial score (nSPS) is 10.8. The van der Waals surface area contributed by atoms with E-state index in [0.29, 0.717) is 16.6 Å². The molecule has 0 fully saturated rings. The van der Waals surface area contributed by atoms with Crippen molar-refractivity contribution in [2.45, 2.75) is 6.61 Å². The largest absolute Gasteiger partial charge is 0.497 e. The van der Waals surface area contributed by atoms with Crippen molar-refractivity contribution in [3.8, 4) is 5.75 Å². The van der Waals surface area contributed by atoms with Crippen LogP contribution >= 0.6 is 22.7 Å². The molecule has 3 aromatic rings. The van der Waals surface area contributed by atoms with Gasteiger partial charge >= 0.3 is 0 Å². The molecule has 3 rings (SSSR count). The Bertz CT molecular complexity index is 810. The number of hydrogen-bond acceptors (Lipinski definition) is 6. The molecule has 0 spiro atoms. The Morgan fingerprint density at radius 2 is 2.09 bits per heavy atom. The molecule has 0 aliphatic heterocycles. The molecule has 2 heterocycles. The number of hydrogen-bond donors (Lipinski definition) is 1. The van der Waals surface area contributed by atoms with Gasteiger partial charge in [0, 0.05) is 12.0 Å². The third-order valence-corrected chi connectivity index (χ3v) is 4.98. The molecule has 114 valence electrons. The summed E-state index contributed by atoms with van der Waals surface area (Å²) in [5.41, 5.74) is 0.840. The number of amides is 1. The van der Waals surface area contributed by atoms with Gasteiger partial charge in [0.2, 0.25) is 0 Å². The summed E-state index contributed by atoms with van der Waals surface area (Å²) in [4.78, 5) is 18.3. The minimum atomic E-state index is -0.154. The lowest BCUT2D eigenvalue weighted by Gasteiger charge is -1.97. The first-order valence-electron chi connectivity index (χ1n) is 6.53. The predicted octanol–water partition coefficient (Wildman–Crippen LogP) is 3.77. The van der Waals surface area contributed by atoms with Crippen molar-refractivity contribution in [2.75, 3.05) is 19.5 Å². The maximum Gasteiger partial charge on any atom is 0.267 e. The number of thiazole rings is 1. The number of carbonyl (C=O) groups is 1. The van der Waals surface area contributed by atoms with Gasteiger partial charge < -0.3 is 9.47 Å². The Labute approximate surface area is 135 Å². The molecule has 0 radical (unpaired) electrons. The van der Waals surface area contributed by atoms with E-state index >= 15 is 0 Å². The van der Waals surface area contributed by atoms with Gasteiger partial charge in [0.05, 0.1) is 28.8 Å². The number of carbonyl (C=O) groups excluding carboxylic acids is 1. The van der Waals surface area contributed by atoms with E-state index in [4.69, 9.17) is 9.47 Å². The molecule has 0 bridgehead atoms. The van der Waals surface area contributed by atoms with Crippen LogP contribution in [-0.2, 0) is 11.3 Å². The fourth-order valence-electron chi connectivity index (χ4n) is 1.96. The molecule has 0 unspecified atom stereocenters. The Hall–Kier alpha value is -1.96. The maximum atomic E-state index is 12.2. The van der Waals surface area contributed by atoms with Crippen LogP contribution in [0, 0.1) is 0 Å². The van der Waals surface area contributed by atoms with Gasteiger partial charge in [-0.15, -0.1) is 11.3 Å². The quantitative estimate of drug-likeness (QED) is 0.772. The highest BCUT2D eigenvalue weighted by molar-refractivity contribution is 7.22. The second kappa shape index (κ2) is 6.43. The Balaban J connectivity index is 1.78. The van der Waals surface area contributed by atoms with Crippen molar-refractivity contribution in [1.29, 1.82) is 0 Å². The number of fused-ring (bicyclic) bond motifs is 1. The van der Waals surface area contributed by atoms with Gasteiger partial charge in [-0.1, -0.05) is 11.3 Å². The zero-order valence-electron chi connectivity index (χ0n) is 12.1. The topological polar surface area (TPSA) is 60.5 Å². The van der Waals surface area contributed by atoms with Crippen LogP contribution in [0.4, 0.5) is 5.13 Å². The number of benzene rings is 1. The summed E-state index contributed by atoms with van der Waals surface area (Å²) >= 11 is 2.84. The molecule has 1 aromatic carbocycles. The molecule has 22 heavy (non-hydrogen) atoms. The summed E-state index contributed by atoms with van der Waals surface area (Å²) in [6.07, 6.45) is 0. The summed E-state index contributed by atoms with van der Waals surface area (Å²) in [6, 6.07) is 9.33. The van der Waals surface area contributed by atoms with Crippen molar-refractivity contribution in [3.05, 3.63) is 40.1 Å². The van der Waals surface area contributed by atoms with E-state index in [1.165, 1.54) is 22.7 Å². The first-order chi connectivity index (χ1) is 10.7. The van der Waals surface area contributed by atoms with Crippen LogP contribution in [0.3, 0.4) is 0 Å². The highest BCUT2D eigenvalue weighted by Gasteiger charge is 2.12. The molecule has 0 atom stereocenters. The molecule has 1 N–H and O–H groups in total. The van der Waals surface area contributed by atoms with Crippen LogP contribution in [0.25, 0.3) is 10.2 Å². The highest BCUT2D eigenvalue weighted by atomic mass is 32.1. The number of ether oxygens (including phenoxy) is 2. The maximum absolute atomic E-state index is 12.2. The van der Waals surface area contributed by atoms with Gasteiger partial charge in [-0.2, -0.15) is 0 Å². The first-order valence-corrected chi connectivity index (χ1v) is 8.16. The lowest BCUT2D eigenvalue weighted by atomic mass is 10.3. The Morgan fingerprint density at radius 1 is 1.23 bits per heavy atom. The lowest BCUT2D eigenvalue weighted by molar-refractivity contribution is 0.103. The van der Waals surface area contributed by atoms with Crippen molar-refractivity contribution in [3.63, 3.8) is 0 Å². The van der Waals surface area contributed by atoms with Crippen molar-refractivity contribution < 1.29 is 14.3 Å². The SMILES string of the molecule is COCc1ccc(C(=O)Nc2nc3ccc(OC)cc3s2)s1. The van der Waals surface area contributed by atoms with Gasteiger partial charge in [-0.25, -0.2) is 4.98 Å². The molecule has 1 amide bonds. The summed E-state index contributed by atoms with van der Waals surface area (Å²) in [7, 11) is 3.26. The van der Waals surface area contributed by atoms with Crippen LogP contribution in [0.5, 0.6) is 5.75 Å². The second-order valence-electron chi connectivity index (χ2n) is 4.51. The highest BCUT2D eigenvalue weighted by Crippen LogP contribution is 2.29. The molecular weight excluding hydrogens is 320 g/mol. The number of nitrogens with one attached hydrogen (secondary N) is 1. The third-order valence-electron chi connectivity index (χ3n) is 2.99. The van der Waals surface area contributed by atoms with Crippen LogP contribution in [0.15, 0.2) is 30.3 Å². The van der Waals surface area contributed by atoms with E-state index < -0.39 is 0 Å². The van der Waals surface area contributed by atoms with Gasteiger partial charge in [-0.3, -0.25) is 10.1 Å². The predicted molar refractivity (Wildman–Crippen MR) is 89.2 cm³/mol. The van der Waals surface area contributed by atoms with E-state index in [1.807, 2.05) is 24.3 Å². The molecule has 2 aromatic heterocycles. The van der Waals surface area contributed by atoms with Crippen LogP contribution in [0.1, 0.15) is 14.5 Å². The fourth-order valence-corrected chi connectivity index (χ4v) is 3.73. The second-order valence-corrected chi connectivity index (χ2v) is 6.70. The number of anilines is 1. The Morgan fingerprint density at radius 3 is 2.86 bits per heavy atom. The zero-order chi connectivity index (χ0) is 15.5. The number of nitrogens with zero attached hydrogens (tertiary/aromatic N) is 1. The monoisotopic (exact) mass is 334 g/mol. The van der Waals surface area contributed by atoms with Crippen LogP contribution < -0.4 is 10.1 Å². The molecule has 0 aliphatic rings. The van der Waals surface area contributed by atoms with Gasteiger partial charge in [0.1, 0.15) is 5.75 Å². The van der Waals surface area contributed by atoms with E-state index in [0.717, 1.165) is 20.8 Å². The van der Waals surface area contributed by atoms with Gasteiger partial charge in [0.15, 0.2) is 5.13 Å². The van der Waals surface area contributed by atoms with Crippen LogP contribution in [0.2, 0.25) is 0 Å². The average Bonchev–Trinajstić information content (AvgIpc) is 3.12. The average molecular weight is 334 g/mol. The lowest BCUT2D eigenvalue weighted by Crippen LogP contribution is -2.09. The zero-order valence-corrected chi connectivity index (χ0v) is 13.7. The number of thiophene rings is 1. The van der Waals surface area contributed by atoms with Crippen molar-refractivity contribution >= 4 is 43.9 Å². The fraction of sp³-hybridized carbons (Fsp3) is 0.200. The number of methoxy groups -OCH3 is 2. The Kier molecular flexibility index (Phi) is 4.37. The summed E-state index contributed by atoms with van der Waals surface area (Å²) in [6.45, 7) is 0.513. The molecule has 7 heteroatoms. The number of rotatable bonds is 5. The summed E-state index contributed by atoms with van der Waals surface area (Å²) in [5.74, 6) is 0.620. The van der Waals surface area contributed by atoms with Crippen molar-refractivity contribution in [2.24, 2.45) is 0 Å². The van der Waals surface area contributed by atoms with Crippen LogP contribution in [-0.4, -0.2) is 25.1 Å². The smallest absolute Gasteiger partial charge is 0.267 e. The first kappa shape index (κ1) is 15.0. The molecular formula is C15H14N2O3S2. The minimum Gasteiger partial charge on any atom is -0.497 e. The standard InChI is InChI=1S/C15H14N2O3S2/c1-19-8-10-4-6-12(21-10)14(18)17-15-16-11-5-3-9(20-2)7-13(11)22-15/h3-7H,8H2,1-2H3,(H,16,17,18). The van der Waals surface area contributed by atoms with E-state index in [1.54, 1.807) is 20.3 Å². The summed E-state index contributed by atoms with van der Waals surface area (Å²) in [5, 5.41) is 3.42. The van der Waals surface area contributed by atoms with Gasteiger partial charge in [0.25, 0.3) is 5.91 Å². The third kappa shape index (κ3) is 3.11. The van der Waals surface area contributed by atoms with E-state index in [9.17, 15) is 4.79 Å². The molecule has 0 aliphatic carbocycles. The van der Waals surface area contributed by atoms with Crippen molar-refractivity contribution in [1.82, 2.24) is 4.98 Å². The van der Waals surface area contributed by atoms with E-state index in [2.05, 4.69) is 10.3 Å². The number of aromatic nitrogens is 1. The molecule has 0 saturated heterocycles.